The highest BCUT2D eigenvalue weighted by atomic mass is 32.2. The average molecular weight is 324 g/mol. The molecule has 1 aromatic carbocycles. The number of rotatable bonds is 9. The minimum atomic E-state index is -0.394. The van der Waals surface area contributed by atoms with Gasteiger partial charge in [0.1, 0.15) is 0 Å². The van der Waals surface area contributed by atoms with Crippen LogP contribution < -0.4 is 10.6 Å². The molecule has 0 aliphatic carbocycles. The van der Waals surface area contributed by atoms with Crippen molar-refractivity contribution >= 4 is 23.4 Å². The molecule has 2 N–H and O–H groups in total. The van der Waals surface area contributed by atoms with Crippen LogP contribution in [0.15, 0.2) is 29.3 Å². The molecule has 0 amide bonds. The summed E-state index contributed by atoms with van der Waals surface area (Å²) in [6.45, 7) is 4.40. The lowest BCUT2D eigenvalue weighted by Crippen LogP contribution is -2.39. The van der Waals surface area contributed by atoms with Crippen molar-refractivity contribution in [3.63, 3.8) is 0 Å². The zero-order valence-electron chi connectivity index (χ0n) is 13.2. The van der Waals surface area contributed by atoms with Crippen LogP contribution in [0.3, 0.4) is 0 Å². The Bertz CT molecular complexity index is 465. The standard InChI is InChI=1S/C15H24N4O2S/c1-3-4-9-16-15(17-10-11-22-2)18-12-13-5-7-14(8-6-13)19(20)21/h5-8H,3-4,9-12H2,1-2H3,(H2,16,17,18). The molecule has 7 heteroatoms. The fourth-order valence-corrected chi connectivity index (χ4v) is 2.03. The summed E-state index contributed by atoms with van der Waals surface area (Å²) in [5.41, 5.74) is 1.05. The minimum absolute atomic E-state index is 0.104. The van der Waals surface area contributed by atoms with E-state index in [0.29, 0.717) is 6.54 Å². The molecule has 1 aromatic rings. The summed E-state index contributed by atoms with van der Waals surface area (Å²) in [4.78, 5) is 14.8. The van der Waals surface area contributed by atoms with Crippen molar-refractivity contribution < 1.29 is 4.92 Å². The lowest BCUT2D eigenvalue weighted by Gasteiger charge is -2.12. The van der Waals surface area contributed by atoms with Gasteiger partial charge in [-0.25, -0.2) is 4.99 Å². The summed E-state index contributed by atoms with van der Waals surface area (Å²) in [6, 6.07) is 6.51. The third kappa shape index (κ3) is 7.31. The summed E-state index contributed by atoms with van der Waals surface area (Å²) in [5.74, 6) is 1.81. The van der Waals surface area contributed by atoms with Crippen LogP contribution in [0, 0.1) is 10.1 Å². The van der Waals surface area contributed by atoms with E-state index < -0.39 is 4.92 Å². The highest BCUT2D eigenvalue weighted by Crippen LogP contribution is 2.12. The number of nitrogens with one attached hydrogen (secondary N) is 2. The first-order chi connectivity index (χ1) is 10.7. The molecule has 1 rings (SSSR count). The molecule has 22 heavy (non-hydrogen) atoms. The fourth-order valence-electron chi connectivity index (χ4n) is 1.72. The number of nitrogens with zero attached hydrogens (tertiary/aromatic N) is 2. The Morgan fingerprint density at radius 3 is 2.55 bits per heavy atom. The monoisotopic (exact) mass is 324 g/mol. The quantitative estimate of drug-likeness (QED) is 0.240. The predicted octanol–water partition coefficient (Wildman–Crippen LogP) is 2.79. The second kappa shape index (κ2) is 10.9. The van der Waals surface area contributed by atoms with Gasteiger partial charge < -0.3 is 10.6 Å². The number of aliphatic imine (C=N–C) groups is 1. The zero-order chi connectivity index (χ0) is 16.2. The van der Waals surface area contributed by atoms with Crippen LogP contribution in [0.5, 0.6) is 0 Å². The number of nitro benzene ring substituents is 1. The van der Waals surface area contributed by atoms with Gasteiger partial charge in [-0.2, -0.15) is 11.8 Å². The van der Waals surface area contributed by atoms with Crippen LogP contribution in [0.2, 0.25) is 0 Å². The van der Waals surface area contributed by atoms with Crippen molar-refractivity contribution in [1.82, 2.24) is 10.6 Å². The fraction of sp³-hybridized carbons (Fsp3) is 0.533. The Morgan fingerprint density at radius 2 is 1.95 bits per heavy atom. The van der Waals surface area contributed by atoms with Crippen LogP contribution in [-0.4, -0.2) is 36.0 Å². The van der Waals surface area contributed by atoms with Gasteiger partial charge in [0.15, 0.2) is 5.96 Å². The van der Waals surface area contributed by atoms with Crippen LogP contribution in [0.1, 0.15) is 25.3 Å². The summed E-state index contributed by atoms with van der Waals surface area (Å²) in [5, 5.41) is 17.2. The van der Waals surface area contributed by atoms with E-state index in [0.717, 1.165) is 43.2 Å². The maximum atomic E-state index is 10.6. The maximum absolute atomic E-state index is 10.6. The van der Waals surface area contributed by atoms with Crippen molar-refractivity contribution in [2.75, 3.05) is 25.1 Å². The van der Waals surface area contributed by atoms with Crippen LogP contribution in [-0.2, 0) is 6.54 Å². The molecule has 0 spiro atoms. The Hall–Kier alpha value is -1.76. The Labute approximate surface area is 135 Å². The van der Waals surface area contributed by atoms with Crippen molar-refractivity contribution in [2.24, 2.45) is 4.99 Å². The van der Waals surface area contributed by atoms with Gasteiger partial charge in [-0.3, -0.25) is 10.1 Å². The van der Waals surface area contributed by atoms with Gasteiger partial charge in [0.05, 0.1) is 11.5 Å². The molecule has 0 unspecified atom stereocenters. The van der Waals surface area contributed by atoms with E-state index in [9.17, 15) is 10.1 Å². The lowest BCUT2D eigenvalue weighted by atomic mass is 10.2. The van der Waals surface area contributed by atoms with Gasteiger partial charge in [-0.1, -0.05) is 25.5 Å². The average Bonchev–Trinajstić information content (AvgIpc) is 2.53. The number of benzene rings is 1. The molecule has 122 valence electrons. The van der Waals surface area contributed by atoms with Gasteiger partial charge in [0.2, 0.25) is 0 Å². The Kier molecular flexibility index (Phi) is 9.06. The maximum Gasteiger partial charge on any atom is 0.269 e. The van der Waals surface area contributed by atoms with Crippen LogP contribution in [0.4, 0.5) is 5.69 Å². The van der Waals surface area contributed by atoms with Crippen molar-refractivity contribution in [3.05, 3.63) is 39.9 Å². The molecule has 0 heterocycles. The Morgan fingerprint density at radius 1 is 1.27 bits per heavy atom. The van der Waals surface area contributed by atoms with Crippen molar-refractivity contribution in [3.8, 4) is 0 Å². The number of hydrogen-bond donors (Lipinski definition) is 2. The first-order valence-corrected chi connectivity index (χ1v) is 8.81. The summed E-state index contributed by atoms with van der Waals surface area (Å²) in [6.07, 6.45) is 4.30. The highest BCUT2D eigenvalue weighted by molar-refractivity contribution is 7.98. The van der Waals surface area contributed by atoms with Crippen LogP contribution >= 0.6 is 11.8 Å². The molecule has 6 nitrogen and oxygen atoms in total. The number of non-ortho nitro benzene ring substituents is 1. The van der Waals surface area contributed by atoms with E-state index in [1.54, 1.807) is 23.9 Å². The van der Waals surface area contributed by atoms with E-state index in [1.165, 1.54) is 12.1 Å². The molecule has 0 saturated carbocycles. The molecule has 0 bridgehead atoms. The van der Waals surface area contributed by atoms with E-state index in [1.807, 2.05) is 0 Å². The van der Waals surface area contributed by atoms with Gasteiger partial charge in [-0.05, 0) is 18.2 Å². The smallest absolute Gasteiger partial charge is 0.269 e. The Balaban J connectivity index is 2.58. The molecule has 0 aromatic heterocycles. The SMILES string of the molecule is CCCCNC(=NCc1ccc([N+](=O)[O-])cc1)NCCSC. The third-order valence-corrected chi connectivity index (χ3v) is 3.60. The van der Waals surface area contributed by atoms with Gasteiger partial charge >= 0.3 is 0 Å². The first-order valence-electron chi connectivity index (χ1n) is 7.41. The first kappa shape index (κ1) is 18.3. The number of unbranched alkanes of at least 4 members (excludes halogenated alkanes) is 1. The number of hydrogen-bond acceptors (Lipinski definition) is 4. The van der Waals surface area contributed by atoms with E-state index in [2.05, 4.69) is 28.8 Å². The third-order valence-electron chi connectivity index (χ3n) is 2.99. The highest BCUT2D eigenvalue weighted by Gasteiger charge is 2.04. The summed E-state index contributed by atoms with van der Waals surface area (Å²) < 4.78 is 0. The summed E-state index contributed by atoms with van der Waals surface area (Å²) in [7, 11) is 0. The van der Waals surface area contributed by atoms with Crippen molar-refractivity contribution in [1.29, 1.82) is 0 Å². The molecule has 0 aliphatic heterocycles. The molecule has 0 aliphatic rings. The lowest BCUT2D eigenvalue weighted by molar-refractivity contribution is -0.384. The largest absolute Gasteiger partial charge is 0.356 e. The van der Waals surface area contributed by atoms with Gasteiger partial charge in [-0.15, -0.1) is 0 Å². The van der Waals surface area contributed by atoms with Gasteiger partial charge in [0, 0.05) is 31.0 Å². The number of thioether (sulfide) groups is 1. The normalized spacial score (nSPS) is 11.3. The zero-order valence-corrected chi connectivity index (χ0v) is 14.0. The predicted molar refractivity (Wildman–Crippen MR) is 93.5 cm³/mol. The molecular formula is C15H24N4O2S. The van der Waals surface area contributed by atoms with E-state index in [4.69, 9.17) is 0 Å². The van der Waals surface area contributed by atoms with Gasteiger partial charge in [0.25, 0.3) is 5.69 Å². The van der Waals surface area contributed by atoms with Crippen LogP contribution in [0.25, 0.3) is 0 Å². The van der Waals surface area contributed by atoms with Crippen molar-refractivity contribution in [2.45, 2.75) is 26.3 Å². The molecule has 0 radical (unpaired) electrons. The minimum Gasteiger partial charge on any atom is -0.356 e. The summed E-state index contributed by atoms with van der Waals surface area (Å²) >= 11 is 1.78. The topological polar surface area (TPSA) is 79.6 Å². The molecule has 0 saturated heterocycles. The molecular weight excluding hydrogens is 300 g/mol. The molecule has 0 fully saturated rings. The van der Waals surface area contributed by atoms with E-state index >= 15 is 0 Å². The molecule has 0 atom stereocenters. The van der Waals surface area contributed by atoms with E-state index in [-0.39, 0.29) is 5.69 Å². The number of nitro groups is 1. The number of guanidine groups is 1. The second-order valence-corrected chi connectivity index (χ2v) is 5.77. The second-order valence-electron chi connectivity index (χ2n) is 4.79.